The van der Waals surface area contributed by atoms with Crippen LogP contribution in [0.2, 0.25) is 0 Å². The fourth-order valence-electron chi connectivity index (χ4n) is 3.04. The third-order valence-electron chi connectivity index (χ3n) is 4.58. The molecule has 1 aliphatic heterocycles. The lowest BCUT2D eigenvalue weighted by molar-refractivity contribution is -0.384. The van der Waals surface area contributed by atoms with Gasteiger partial charge in [0, 0.05) is 17.7 Å². The molecule has 1 heterocycles. The molecule has 1 N–H and O–H groups in total. The first kappa shape index (κ1) is 23.3. The van der Waals surface area contributed by atoms with Crippen molar-refractivity contribution in [2.75, 3.05) is 10.8 Å². The number of fused-ring (bicyclic) bond motifs is 1. The molecule has 1 aliphatic rings. The highest BCUT2D eigenvalue weighted by atomic mass is 35.6. The number of non-ortho nitro benzene ring substituents is 1. The summed E-state index contributed by atoms with van der Waals surface area (Å²) in [6.07, 6.45) is 3.00. The van der Waals surface area contributed by atoms with Gasteiger partial charge in [-0.3, -0.25) is 19.2 Å². The molecular weight excluding hydrogens is 489 g/mol. The van der Waals surface area contributed by atoms with Gasteiger partial charge in [0.15, 0.2) is 0 Å². The number of sulfonamides is 1. The van der Waals surface area contributed by atoms with Crippen molar-refractivity contribution >= 4 is 62.1 Å². The molecule has 164 valence electrons. The number of alkyl halides is 3. The van der Waals surface area contributed by atoms with Gasteiger partial charge in [0.1, 0.15) is 0 Å². The van der Waals surface area contributed by atoms with Gasteiger partial charge >= 0.3 is 0 Å². The van der Waals surface area contributed by atoms with Gasteiger partial charge in [-0.25, -0.2) is 8.42 Å². The number of hydrogen-bond donors (Lipinski definition) is 1. The van der Waals surface area contributed by atoms with Gasteiger partial charge in [0.25, 0.3) is 25.4 Å². The van der Waals surface area contributed by atoms with Crippen molar-refractivity contribution in [2.24, 2.45) is 0 Å². The van der Waals surface area contributed by atoms with Crippen molar-refractivity contribution in [1.82, 2.24) is 5.32 Å². The van der Waals surface area contributed by atoms with Crippen molar-refractivity contribution in [3.05, 3.63) is 75.9 Å². The Morgan fingerprint density at radius 1 is 1.19 bits per heavy atom. The summed E-state index contributed by atoms with van der Waals surface area (Å²) in [7, 11) is -4.01. The van der Waals surface area contributed by atoms with Crippen molar-refractivity contribution in [3.8, 4) is 0 Å². The summed E-state index contributed by atoms with van der Waals surface area (Å²) < 4.78 is 25.5. The Labute approximate surface area is 193 Å². The maximum atomic E-state index is 13.3. The number of hydrogen-bond acceptors (Lipinski definition) is 5. The second-order valence-electron chi connectivity index (χ2n) is 6.73. The summed E-state index contributed by atoms with van der Waals surface area (Å²) in [5.74, 6) is -0.959. The zero-order valence-electron chi connectivity index (χ0n) is 16.0. The van der Waals surface area contributed by atoms with E-state index >= 15 is 0 Å². The van der Waals surface area contributed by atoms with E-state index in [1.807, 2.05) is 6.92 Å². The van der Waals surface area contributed by atoms with E-state index in [1.165, 1.54) is 42.5 Å². The van der Waals surface area contributed by atoms with Gasteiger partial charge in [-0.2, -0.15) is 0 Å². The molecule has 0 spiro atoms. The Morgan fingerprint density at radius 2 is 1.84 bits per heavy atom. The van der Waals surface area contributed by atoms with Gasteiger partial charge in [0.2, 0.25) is 0 Å². The molecule has 0 bridgehead atoms. The highest BCUT2D eigenvalue weighted by Gasteiger charge is 2.35. The second kappa shape index (κ2) is 8.66. The predicted octanol–water partition coefficient (Wildman–Crippen LogP) is 4.20. The van der Waals surface area contributed by atoms with E-state index in [4.69, 9.17) is 34.8 Å². The molecule has 2 aromatic rings. The minimum absolute atomic E-state index is 0.0552. The van der Waals surface area contributed by atoms with Crippen molar-refractivity contribution in [1.29, 1.82) is 0 Å². The summed E-state index contributed by atoms with van der Waals surface area (Å²) in [4.78, 5) is 22.9. The molecule has 3 rings (SSSR count). The van der Waals surface area contributed by atoms with E-state index in [-0.39, 0.29) is 28.4 Å². The molecule has 1 unspecified atom stereocenters. The Bertz CT molecular complexity index is 1160. The fraction of sp³-hybridized carbons (Fsp3) is 0.211. The first-order valence-electron chi connectivity index (χ1n) is 8.83. The molecule has 0 fully saturated rings. The minimum atomic E-state index is -4.01. The van der Waals surface area contributed by atoms with Crippen LogP contribution in [0, 0.1) is 17.0 Å². The van der Waals surface area contributed by atoms with Crippen LogP contribution in [0.3, 0.4) is 0 Å². The molecule has 31 heavy (non-hydrogen) atoms. The van der Waals surface area contributed by atoms with Gasteiger partial charge < -0.3 is 5.32 Å². The monoisotopic (exact) mass is 503 g/mol. The molecule has 0 saturated carbocycles. The fourth-order valence-corrected chi connectivity index (χ4v) is 4.65. The molecule has 12 heteroatoms. The van der Waals surface area contributed by atoms with Crippen LogP contribution in [-0.2, 0) is 14.8 Å². The van der Waals surface area contributed by atoms with Crippen LogP contribution in [0.5, 0.6) is 0 Å². The largest absolute Gasteiger partial charge is 0.342 e. The SMILES string of the molecule is Cc1ccc(S(=O)(=O)N2CC=CC(NC(=O)C(Cl)(Cl)Cl)c3cc([N+](=O)[O-])ccc32)cc1. The first-order valence-corrected chi connectivity index (χ1v) is 11.4. The number of benzene rings is 2. The van der Waals surface area contributed by atoms with Gasteiger partial charge in [-0.1, -0.05) is 64.7 Å². The number of carbonyl (C=O) groups excluding carboxylic acids is 1. The van der Waals surface area contributed by atoms with Crippen molar-refractivity contribution in [3.63, 3.8) is 0 Å². The number of amides is 1. The summed E-state index contributed by atoms with van der Waals surface area (Å²) in [6, 6.07) is 9.03. The van der Waals surface area contributed by atoms with E-state index in [1.54, 1.807) is 12.1 Å². The summed E-state index contributed by atoms with van der Waals surface area (Å²) in [6.45, 7) is 1.76. The number of carbonyl (C=O) groups is 1. The third-order valence-corrected chi connectivity index (χ3v) is 6.89. The van der Waals surface area contributed by atoms with Crippen LogP contribution in [0.4, 0.5) is 11.4 Å². The van der Waals surface area contributed by atoms with Gasteiger partial charge in [-0.05, 0) is 25.1 Å². The maximum Gasteiger partial charge on any atom is 0.272 e. The first-order chi connectivity index (χ1) is 14.4. The van der Waals surface area contributed by atoms with Crippen LogP contribution in [0.15, 0.2) is 59.5 Å². The summed E-state index contributed by atoms with van der Waals surface area (Å²) in [5, 5.41) is 13.8. The van der Waals surface area contributed by atoms with Crippen LogP contribution < -0.4 is 9.62 Å². The zero-order valence-corrected chi connectivity index (χ0v) is 19.0. The number of rotatable bonds is 4. The Kier molecular flexibility index (Phi) is 6.52. The topological polar surface area (TPSA) is 110 Å². The molecule has 1 atom stereocenters. The summed E-state index contributed by atoms with van der Waals surface area (Å²) >= 11 is 16.9. The van der Waals surface area contributed by atoms with E-state index in [9.17, 15) is 23.3 Å². The molecular formula is C19H16Cl3N3O5S. The molecule has 2 aromatic carbocycles. The highest BCUT2D eigenvalue weighted by molar-refractivity contribution is 7.92. The average Bonchev–Trinajstić information content (AvgIpc) is 2.87. The molecule has 0 radical (unpaired) electrons. The number of halogens is 3. The average molecular weight is 505 g/mol. The highest BCUT2D eigenvalue weighted by Crippen LogP contribution is 2.37. The standard InChI is InChI=1S/C19H16Cl3N3O5S/c1-12-4-7-14(8-5-12)31(29,30)24-10-2-3-16(23-18(26)19(20,21)22)15-11-13(25(27)28)6-9-17(15)24/h2-9,11,16H,10H2,1H3,(H,23,26). The normalized spacial score (nSPS) is 16.4. The van der Waals surface area contributed by atoms with Gasteiger partial charge in [-0.15, -0.1) is 0 Å². The lowest BCUT2D eigenvalue weighted by Crippen LogP contribution is -2.37. The third kappa shape index (κ3) is 4.95. The van der Waals surface area contributed by atoms with Crippen LogP contribution in [0.1, 0.15) is 17.2 Å². The Morgan fingerprint density at radius 3 is 2.42 bits per heavy atom. The molecule has 0 saturated heterocycles. The number of nitrogens with zero attached hydrogens (tertiary/aromatic N) is 2. The van der Waals surface area contributed by atoms with Crippen LogP contribution in [0.25, 0.3) is 0 Å². The molecule has 1 amide bonds. The van der Waals surface area contributed by atoms with E-state index < -0.39 is 30.7 Å². The smallest absolute Gasteiger partial charge is 0.272 e. The number of nitro benzene ring substituents is 1. The van der Waals surface area contributed by atoms with E-state index in [0.717, 1.165) is 9.87 Å². The minimum Gasteiger partial charge on any atom is -0.342 e. The number of nitro groups is 1. The predicted molar refractivity (Wildman–Crippen MR) is 119 cm³/mol. The summed E-state index contributed by atoms with van der Waals surface area (Å²) in [5.41, 5.74) is 0.933. The zero-order chi connectivity index (χ0) is 23.0. The molecule has 0 aliphatic carbocycles. The van der Waals surface area contributed by atoms with E-state index in [2.05, 4.69) is 5.32 Å². The van der Waals surface area contributed by atoms with Crippen LogP contribution >= 0.6 is 34.8 Å². The number of nitrogens with one attached hydrogen (secondary N) is 1. The maximum absolute atomic E-state index is 13.3. The van der Waals surface area contributed by atoms with Gasteiger partial charge in [0.05, 0.1) is 28.1 Å². The van der Waals surface area contributed by atoms with Crippen LogP contribution in [-0.4, -0.2) is 29.6 Å². The lowest BCUT2D eigenvalue weighted by Gasteiger charge is -2.26. The second-order valence-corrected chi connectivity index (χ2v) is 10.9. The van der Waals surface area contributed by atoms with E-state index in [0.29, 0.717) is 0 Å². The Balaban J connectivity index is 2.13. The van der Waals surface area contributed by atoms with Crippen molar-refractivity contribution in [2.45, 2.75) is 21.7 Å². The molecule has 0 aromatic heterocycles. The van der Waals surface area contributed by atoms with Crippen molar-refractivity contribution < 1.29 is 18.1 Å². The lowest BCUT2D eigenvalue weighted by atomic mass is 10.0. The Hall–Kier alpha value is -2.33. The molecule has 8 nitrogen and oxygen atoms in total. The quantitative estimate of drug-likeness (QED) is 0.290. The number of aryl methyl sites for hydroxylation is 1. The number of anilines is 1.